The van der Waals surface area contributed by atoms with Crippen molar-refractivity contribution in [3.05, 3.63) is 83.3 Å². The van der Waals surface area contributed by atoms with Gasteiger partial charge in [0, 0.05) is 43.0 Å². The normalized spacial score (nSPS) is 18.9. The van der Waals surface area contributed by atoms with Crippen molar-refractivity contribution in [2.45, 2.75) is 64.5 Å². The van der Waals surface area contributed by atoms with Crippen molar-refractivity contribution in [2.24, 2.45) is 5.92 Å². The van der Waals surface area contributed by atoms with Gasteiger partial charge in [-0.15, -0.1) is 13.2 Å². The van der Waals surface area contributed by atoms with E-state index in [9.17, 15) is 18.0 Å². The minimum atomic E-state index is -4.74. The molecule has 10 heteroatoms. The second kappa shape index (κ2) is 12.3. The maximum absolute atomic E-state index is 13.3. The third-order valence-corrected chi connectivity index (χ3v) is 8.75. The van der Waals surface area contributed by atoms with Crippen LogP contribution in [0.25, 0.3) is 0 Å². The monoisotopic (exact) mass is 582 g/mol. The molecule has 1 atom stereocenters. The van der Waals surface area contributed by atoms with Gasteiger partial charge >= 0.3 is 6.36 Å². The molecule has 2 aliphatic rings. The Morgan fingerprint density at radius 3 is 2.24 bits per heavy atom. The van der Waals surface area contributed by atoms with Crippen LogP contribution < -0.4 is 9.47 Å². The summed E-state index contributed by atoms with van der Waals surface area (Å²) in [5, 5.41) is 0. The zero-order chi connectivity index (χ0) is 29.9. The molecular formula is C32H37F3N4O3. The number of benzene rings is 1. The summed E-state index contributed by atoms with van der Waals surface area (Å²) in [6.45, 7) is 9.25. The van der Waals surface area contributed by atoms with Gasteiger partial charge in [-0.3, -0.25) is 14.7 Å². The molecule has 0 bridgehead atoms. The van der Waals surface area contributed by atoms with Crippen molar-refractivity contribution < 1.29 is 27.4 Å². The fourth-order valence-electron chi connectivity index (χ4n) is 6.27. The van der Waals surface area contributed by atoms with E-state index in [0.29, 0.717) is 24.5 Å². The zero-order valence-corrected chi connectivity index (χ0v) is 24.2. The predicted octanol–water partition coefficient (Wildman–Crippen LogP) is 6.52. The molecule has 3 aromatic rings. The van der Waals surface area contributed by atoms with Gasteiger partial charge in [-0.2, -0.15) is 0 Å². The lowest BCUT2D eigenvalue weighted by molar-refractivity contribution is -0.274. The van der Waals surface area contributed by atoms with Crippen molar-refractivity contribution in [2.75, 3.05) is 26.2 Å². The number of hydrogen-bond donors (Lipinski definition) is 0. The van der Waals surface area contributed by atoms with Crippen LogP contribution in [0.1, 0.15) is 65.9 Å². The third kappa shape index (κ3) is 6.86. The molecule has 0 spiro atoms. The number of alkyl halides is 3. The van der Waals surface area contributed by atoms with Gasteiger partial charge in [0.2, 0.25) is 5.88 Å². The van der Waals surface area contributed by atoms with Crippen LogP contribution in [0.4, 0.5) is 13.2 Å². The highest BCUT2D eigenvalue weighted by Gasteiger charge is 2.40. The van der Waals surface area contributed by atoms with E-state index in [1.165, 1.54) is 12.1 Å². The summed E-state index contributed by atoms with van der Waals surface area (Å²) in [5.74, 6) is 0.423. The quantitative estimate of drug-likeness (QED) is 0.316. The summed E-state index contributed by atoms with van der Waals surface area (Å²) < 4.78 is 48.5. The van der Waals surface area contributed by atoms with E-state index in [4.69, 9.17) is 4.74 Å². The van der Waals surface area contributed by atoms with Crippen LogP contribution >= 0.6 is 0 Å². The first-order chi connectivity index (χ1) is 20.0. The maximum Gasteiger partial charge on any atom is 0.573 e. The van der Waals surface area contributed by atoms with Gasteiger partial charge in [0.05, 0.1) is 11.3 Å². The van der Waals surface area contributed by atoms with Gasteiger partial charge in [-0.1, -0.05) is 18.2 Å². The number of hydrogen-bond acceptors (Lipinski definition) is 6. The summed E-state index contributed by atoms with van der Waals surface area (Å²) in [6.07, 6.45) is 1.79. The molecule has 4 heterocycles. The number of aromatic nitrogens is 2. The van der Waals surface area contributed by atoms with Gasteiger partial charge < -0.3 is 14.4 Å². The fraction of sp³-hybridized carbons (Fsp3) is 0.469. The average molecular weight is 583 g/mol. The van der Waals surface area contributed by atoms with Crippen LogP contribution in [0, 0.1) is 19.8 Å². The predicted molar refractivity (Wildman–Crippen MR) is 152 cm³/mol. The number of carbonyl (C=O) groups is 1. The molecule has 2 aromatic heterocycles. The summed E-state index contributed by atoms with van der Waals surface area (Å²) in [6, 6.07) is 13.3. The lowest BCUT2D eigenvalue weighted by atomic mass is 9.82. The van der Waals surface area contributed by atoms with E-state index in [1.54, 1.807) is 30.6 Å². The highest BCUT2D eigenvalue weighted by molar-refractivity contribution is 5.96. The van der Waals surface area contributed by atoms with Crippen LogP contribution in [-0.2, 0) is 0 Å². The molecule has 1 unspecified atom stereocenters. The molecule has 7 nitrogen and oxygen atoms in total. The number of halogens is 3. The fourth-order valence-corrected chi connectivity index (χ4v) is 6.27. The van der Waals surface area contributed by atoms with Crippen LogP contribution in [0.15, 0.2) is 60.9 Å². The van der Waals surface area contributed by atoms with Crippen LogP contribution in [0.2, 0.25) is 0 Å². The topological polar surface area (TPSA) is 67.8 Å². The first-order valence-corrected chi connectivity index (χ1v) is 14.4. The standard InChI is InChI=1S/C32H37F3N4O3/c1-22-11-17-36-23(2)28(22)30(40)38-20-14-31(3,15-21-38)39-18-12-25(13-19-39)29(41-27-6-4-5-16-37-27)24-7-9-26(10-8-24)42-32(33,34)35/h4-11,16-17,25,29H,12-15,18-21H2,1-3H3. The van der Waals surface area contributed by atoms with Crippen molar-refractivity contribution in [1.82, 2.24) is 19.8 Å². The van der Waals surface area contributed by atoms with Crippen molar-refractivity contribution in [3.8, 4) is 11.6 Å². The molecule has 2 aliphatic heterocycles. The summed E-state index contributed by atoms with van der Waals surface area (Å²) in [7, 11) is 0. The Morgan fingerprint density at radius 1 is 0.952 bits per heavy atom. The Morgan fingerprint density at radius 2 is 1.64 bits per heavy atom. The number of ether oxygens (including phenoxy) is 2. The summed E-state index contributed by atoms with van der Waals surface area (Å²) in [4.78, 5) is 26.4. The smallest absolute Gasteiger partial charge is 0.469 e. The first-order valence-electron chi connectivity index (χ1n) is 14.4. The molecule has 1 amide bonds. The van der Waals surface area contributed by atoms with Gasteiger partial charge in [0.1, 0.15) is 11.9 Å². The highest BCUT2D eigenvalue weighted by Crippen LogP contribution is 2.39. The van der Waals surface area contributed by atoms with E-state index >= 15 is 0 Å². The zero-order valence-electron chi connectivity index (χ0n) is 24.2. The average Bonchev–Trinajstić information content (AvgIpc) is 2.96. The minimum Gasteiger partial charge on any atom is -0.469 e. The number of aryl methyl sites for hydroxylation is 2. The van der Waals surface area contributed by atoms with E-state index in [0.717, 1.165) is 55.6 Å². The number of pyridine rings is 2. The Labute approximate surface area is 244 Å². The number of nitrogens with zero attached hydrogens (tertiary/aromatic N) is 4. The Bertz CT molecular complexity index is 1330. The van der Waals surface area contributed by atoms with Gasteiger partial charge in [-0.05, 0) is 94.9 Å². The molecule has 42 heavy (non-hydrogen) atoms. The van der Waals surface area contributed by atoms with Crippen molar-refractivity contribution in [3.63, 3.8) is 0 Å². The Balaban J connectivity index is 1.23. The number of piperidine rings is 2. The molecule has 5 rings (SSSR count). The van der Waals surface area contributed by atoms with Gasteiger partial charge in [0.25, 0.3) is 5.91 Å². The Hall–Kier alpha value is -3.66. The molecule has 2 fully saturated rings. The molecular weight excluding hydrogens is 545 g/mol. The van der Waals surface area contributed by atoms with Crippen molar-refractivity contribution in [1.29, 1.82) is 0 Å². The summed E-state index contributed by atoms with van der Waals surface area (Å²) in [5.41, 5.74) is 3.19. The molecule has 224 valence electrons. The lowest BCUT2D eigenvalue weighted by Crippen LogP contribution is -2.56. The van der Waals surface area contributed by atoms with E-state index in [1.807, 2.05) is 36.9 Å². The maximum atomic E-state index is 13.3. The molecule has 2 saturated heterocycles. The Kier molecular flexibility index (Phi) is 8.73. The van der Waals surface area contributed by atoms with Crippen LogP contribution in [-0.4, -0.2) is 63.8 Å². The minimum absolute atomic E-state index is 0.0191. The number of carbonyl (C=O) groups excluding carboxylic acids is 1. The number of rotatable bonds is 7. The van der Waals surface area contributed by atoms with Crippen LogP contribution in [0.3, 0.4) is 0 Å². The van der Waals surface area contributed by atoms with Gasteiger partial charge in [0.15, 0.2) is 0 Å². The van der Waals surface area contributed by atoms with E-state index in [-0.39, 0.29) is 29.2 Å². The molecule has 0 aliphatic carbocycles. The first kappa shape index (κ1) is 29.8. The third-order valence-electron chi connectivity index (χ3n) is 8.75. The second-order valence-electron chi connectivity index (χ2n) is 11.5. The van der Waals surface area contributed by atoms with E-state index in [2.05, 4.69) is 26.5 Å². The number of amides is 1. The van der Waals surface area contributed by atoms with E-state index < -0.39 is 6.36 Å². The highest BCUT2D eigenvalue weighted by atomic mass is 19.4. The summed E-state index contributed by atoms with van der Waals surface area (Å²) >= 11 is 0. The second-order valence-corrected chi connectivity index (χ2v) is 11.5. The largest absolute Gasteiger partial charge is 0.573 e. The molecule has 0 saturated carbocycles. The lowest BCUT2D eigenvalue weighted by Gasteiger charge is -2.50. The molecule has 0 radical (unpaired) electrons. The molecule has 1 aromatic carbocycles. The molecule has 0 N–H and O–H groups in total. The van der Waals surface area contributed by atoms with Crippen molar-refractivity contribution >= 4 is 5.91 Å². The SMILES string of the molecule is Cc1ccnc(C)c1C(=O)N1CCC(C)(N2CCC(C(Oc3ccccn3)c3ccc(OC(F)(F)F)cc3)CC2)CC1. The van der Waals surface area contributed by atoms with Gasteiger partial charge in [-0.25, -0.2) is 4.98 Å². The number of likely N-dealkylation sites (tertiary alicyclic amines) is 2. The van der Waals surface area contributed by atoms with Crippen LogP contribution in [0.5, 0.6) is 11.6 Å².